The zero-order valence-electron chi connectivity index (χ0n) is 12.5. The number of rotatable bonds is 8. The van der Waals surface area contributed by atoms with Gasteiger partial charge >= 0.3 is 0 Å². The van der Waals surface area contributed by atoms with Crippen molar-refractivity contribution in [3.05, 3.63) is 59.9 Å². The Morgan fingerprint density at radius 1 is 1.19 bits per heavy atom. The third kappa shape index (κ3) is 5.20. The van der Waals surface area contributed by atoms with Gasteiger partial charge in [-0.15, -0.1) is 0 Å². The summed E-state index contributed by atoms with van der Waals surface area (Å²) in [6.45, 7) is 2.93. The summed E-state index contributed by atoms with van der Waals surface area (Å²) in [5.41, 5.74) is 2.08. The predicted octanol–water partition coefficient (Wildman–Crippen LogP) is 3.93. The van der Waals surface area contributed by atoms with Crippen molar-refractivity contribution in [1.82, 2.24) is 4.98 Å². The van der Waals surface area contributed by atoms with Crippen LogP contribution in [0.25, 0.3) is 0 Å². The highest BCUT2D eigenvalue weighted by atomic mass is 16.5. The second kappa shape index (κ2) is 8.42. The summed E-state index contributed by atoms with van der Waals surface area (Å²) in [7, 11) is 0. The normalized spacial score (nSPS) is 12.1. The molecule has 0 saturated heterocycles. The number of unbranched alkanes of at least 4 members (excludes halogenated alkanes) is 1. The average Bonchev–Trinajstić information content (AvgIpc) is 2.55. The van der Waals surface area contributed by atoms with Crippen LogP contribution in [-0.4, -0.2) is 16.7 Å². The minimum atomic E-state index is -0.459. The van der Waals surface area contributed by atoms with E-state index in [0.29, 0.717) is 6.42 Å². The Kier molecular flexibility index (Phi) is 6.22. The maximum Gasteiger partial charge on any atom is 0.119 e. The van der Waals surface area contributed by atoms with E-state index in [1.54, 1.807) is 12.4 Å². The molecule has 1 aromatic heterocycles. The molecule has 1 unspecified atom stereocenters. The van der Waals surface area contributed by atoms with Gasteiger partial charge in [0.1, 0.15) is 5.75 Å². The molecular weight excluding hydrogens is 262 g/mol. The molecule has 3 heteroatoms. The second-order valence-electron chi connectivity index (χ2n) is 5.19. The molecule has 1 atom stereocenters. The Balaban J connectivity index is 1.80. The SMILES string of the molecule is CCCCOc1ccc(CCC(O)c2cccnc2)cc1. The van der Waals surface area contributed by atoms with Gasteiger partial charge in [-0.05, 0) is 48.6 Å². The van der Waals surface area contributed by atoms with Crippen molar-refractivity contribution in [2.75, 3.05) is 6.61 Å². The number of aromatic nitrogens is 1. The lowest BCUT2D eigenvalue weighted by Gasteiger charge is -2.11. The average molecular weight is 285 g/mol. The van der Waals surface area contributed by atoms with E-state index >= 15 is 0 Å². The lowest BCUT2D eigenvalue weighted by molar-refractivity contribution is 0.167. The van der Waals surface area contributed by atoms with Gasteiger partial charge in [0, 0.05) is 12.4 Å². The molecule has 0 fully saturated rings. The monoisotopic (exact) mass is 285 g/mol. The fourth-order valence-corrected chi connectivity index (χ4v) is 2.13. The highest BCUT2D eigenvalue weighted by Gasteiger charge is 2.07. The molecule has 112 valence electrons. The minimum absolute atomic E-state index is 0.459. The molecule has 1 N–H and O–H groups in total. The summed E-state index contributed by atoms with van der Waals surface area (Å²) in [5.74, 6) is 0.917. The number of hydrogen-bond donors (Lipinski definition) is 1. The molecule has 0 aliphatic heterocycles. The van der Waals surface area contributed by atoms with Gasteiger partial charge in [0.05, 0.1) is 12.7 Å². The summed E-state index contributed by atoms with van der Waals surface area (Å²) in [6.07, 6.45) is 6.73. The van der Waals surface area contributed by atoms with E-state index in [2.05, 4.69) is 24.0 Å². The van der Waals surface area contributed by atoms with Crippen LogP contribution in [0, 0.1) is 0 Å². The molecule has 1 heterocycles. The van der Waals surface area contributed by atoms with E-state index in [0.717, 1.165) is 37.2 Å². The van der Waals surface area contributed by atoms with Crippen molar-refractivity contribution in [2.24, 2.45) is 0 Å². The maximum atomic E-state index is 10.1. The Labute approximate surface area is 126 Å². The first kappa shape index (κ1) is 15.5. The summed E-state index contributed by atoms with van der Waals surface area (Å²) >= 11 is 0. The van der Waals surface area contributed by atoms with Gasteiger partial charge in [0.2, 0.25) is 0 Å². The smallest absolute Gasteiger partial charge is 0.119 e. The van der Waals surface area contributed by atoms with Gasteiger partial charge in [-0.2, -0.15) is 0 Å². The molecule has 0 radical (unpaired) electrons. The number of aliphatic hydroxyl groups is 1. The van der Waals surface area contributed by atoms with Crippen LogP contribution >= 0.6 is 0 Å². The van der Waals surface area contributed by atoms with Gasteiger partial charge in [0.25, 0.3) is 0 Å². The van der Waals surface area contributed by atoms with Crippen LogP contribution in [0.2, 0.25) is 0 Å². The van der Waals surface area contributed by atoms with Crippen molar-refractivity contribution < 1.29 is 9.84 Å². The highest BCUT2D eigenvalue weighted by Crippen LogP contribution is 2.19. The fourth-order valence-electron chi connectivity index (χ4n) is 2.13. The van der Waals surface area contributed by atoms with Crippen LogP contribution in [0.15, 0.2) is 48.8 Å². The summed E-state index contributed by atoms with van der Waals surface area (Å²) < 4.78 is 5.64. The van der Waals surface area contributed by atoms with Crippen LogP contribution in [0.3, 0.4) is 0 Å². The molecule has 21 heavy (non-hydrogen) atoms. The molecule has 0 bridgehead atoms. The Morgan fingerprint density at radius 2 is 2.00 bits per heavy atom. The van der Waals surface area contributed by atoms with Gasteiger partial charge in [-0.3, -0.25) is 4.98 Å². The van der Waals surface area contributed by atoms with Crippen molar-refractivity contribution >= 4 is 0 Å². The van der Waals surface area contributed by atoms with Crippen LogP contribution in [0.5, 0.6) is 5.75 Å². The number of pyridine rings is 1. The van der Waals surface area contributed by atoms with Gasteiger partial charge in [-0.1, -0.05) is 31.5 Å². The first-order valence-electron chi connectivity index (χ1n) is 7.59. The molecule has 0 amide bonds. The van der Waals surface area contributed by atoms with E-state index in [1.807, 2.05) is 24.3 Å². The molecule has 0 spiro atoms. The Hall–Kier alpha value is -1.87. The summed E-state index contributed by atoms with van der Waals surface area (Å²) in [5, 5.41) is 10.1. The molecule has 2 aromatic rings. The topological polar surface area (TPSA) is 42.4 Å². The number of hydrogen-bond acceptors (Lipinski definition) is 3. The fraction of sp³-hybridized carbons (Fsp3) is 0.389. The zero-order valence-corrected chi connectivity index (χ0v) is 12.5. The number of ether oxygens (including phenoxy) is 1. The zero-order chi connectivity index (χ0) is 14.9. The maximum absolute atomic E-state index is 10.1. The van der Waals surface area contributed by atoms with E-state index in [4.69, 9.17) is 4.74 Å². The van der Waals surface area contributed by atoms with Crippen LogP contribution < -0.4 is 4.74 Å². The van der Waals surface area contributed by atoms with Crippen molar-refractivity contribution in [2.45, 2.75) is 38.7 Å². The van der Waals surface area contributed by atoms with Crippen molar-refractivity contribution in [1.29, 1.82) is 0 Å². The number of nitrogens with zero attached hydrogens (tertiary/aromatic N) is 1. The molecule has 0 aliphatic carbocycles. The Bertz CT molecular complexity index is 511. The molecular formula is C18H23NO2. The lowest BCUT2D eigenvalue weighted by atomic mass is 10.0. The standard InChI is InChI=1S/C18H23NO2/c1-2-3-13-21-17-9-6-15(7-10-17)8-11-18(20)16-5-4-12-19-14-16/h4-7,9-10,12,14,18,20H,2-3,8,11,13H2,1H3. The second-order valence-corrected chi connectivity index (χ2v) is 5.19. The number of benzene rings is 1. The number of aryl methyl sites for hydroxylation is 1. The van der Waals surface area contributed by atoms with E-state index < -0.39 is 6.10 Å². The first-order chi connectivity index (χ1) is 10.3. The van der Waals surface area contributed by atoms with E-state index in [9.17, 15) is 5.11 Å². The third-order valence-electron chi connectivity index (χ3n) is 3.47. The van der Waals surface area contributed by atoms with Crippen LogP contribution in [0.4, 0.5) is 0 Å². The third-order valence-corrected chi connectivity index (χ3v) is 3.47. The predicted molar refractivity (Wildman–Crippen MR) is 84.4 cm³/mol. The first-order valence-corrected chi connectivity index (χ1v) is 7.59. The summed E-state index contributed by atoms with van der Waals surface area (Å²) in [4.78, 5) is 4.03. The molecule has 0 saturated carbocycles. The Morgan fingerprint density at radius 3 is 2.67 bits per heavy atom. The molecule has 2 rings (SSSR count). The van der Waals surface area contributed by atoms with Crippen LogP contribution in [-0.2, 0) is 6.42 Å². The minimum Gasteiger partial charge on any atom is -0.494 e. The van der Waals surface area contributed by atoms with E-state index in [1.165, 1.54) is 5.56 Å². The summed E-state index contributed by atoms with van der Waals surface area (Å²) in [6, 6.07) is 11.9. The quantitative estimate of drug-likeness (QED) is 0.747. The molecule has 1 aromatic carbocycles. The van der Waals surface area contributed by atoms with E-state index in [-0.39, 0.29) is 0 Å². The van der Waals surface area contributed by atoms with Crippen LogP contribution in [0.1, 0.15) is 43.4 Å². The molecule has 3 nitrogen and oxygen atoms in total. The van der Waals surface area contributed by atoms with Crippen molar-refractivity contribution in [3.63, 3.8) is 0 Å². The van der Waals surface area contributed by atoms with Gasteiger partial charge in [-0.25, -0.2) is 0 Å². The number of aliphatic hydroxyl groups excluding tert-OH is 1. The van der Waals surface area contributed by atoms with Crippen molar-refractivity contribution in [3.8, 4) is 5.75 Å². The van der Waals surface area contributed by atoms with Gasteiger partial charge < -0.3 is 9.84 Å². The largest absolute Gasteiger partial charge is 0.494 e. The highest BCUT2D eigenvalue weighted by molar-refractivity contribution is 5.27. The lowest BCUT2D eigenvalue weighted by Crippen LogP contribution is -2.00. The molecule has 0 aliphatic rings. The van der Waals surface area contributed by atoms with Gasteiger partial charge in [0.15, 0.2) is 0 Å².